The summed E-state index contributed by atoms with van der Waals surface area (Å²) in [5, 5.41) is 0.368. The normalized spacial score (nSPS) is 20.8. The topological polar surface area (TPSA) is 67.7 Å². The van der Waals surface area contributed by atoms with Crippen molar-refractivity contribution in [3.8, 4) is 5.75 Å². The van der Waals surface area contributed by atoms with E-state index in [1.54, 1.807) is 17.9 Å². The molecule has 1 fully saturated rings. The van der Waals surface area contributed by atoms with Crippen molar-refractivity contribution in [2.24, 2.45) is 0 Å². The van der Waals surface area contributed by atoms with E-state index < -0.39 is 23.5 Å². The van der Waals surface area contributed by atoms with Gasteiger partial charge in [-0.25, -0.2) is 16.8 Å². The van der Waals surface area contributed by atoms with E-state index >= 15 is 0 Å². The van der Waals surface area contributed by atoms with Crippen LogP contribution >= 0.6 is 22.9 Å². The van der Waals surface area contributed by atoms with E-state index in [2.05, 4.69) is 4.98 Å². The van der Waals surface area contributed by atoms with Crippen LogP contribution in [-0.4, -0.2) is 51.4 Å². The van der Waals surface area contributed by atoms with Crippen molar-refractivity contribution in [1.82, 2.24) is 12.7 Å². The molecule has 1 unspecified atom stereocenters. The number of hydrogen-bond donors (Lipinski definition) is 0. The molecule has 1 aromatic heterocycles. The molecule has 126 valence electrons. The molecular weight excluding hydrogens is 430 g/mol. The van der Waals surface area contributed by atoms with Gasteiger partial charge in [0.25, 0.3) is 0 Å². The highest BCUT2D eigenvalue weighted by Crippen LogP contribution is 2.40. The Labute approximate surface area is 150 Å². The maximum Gasteiger partial charge on any atom is 0.359 e. The van der Waals surface area contributed by atoms with Crippen LogP contribution in [0.1, 0.15) is 5.56 Å². The summed E-state index contributed by atoms with van der Waals surface area (Å²) in [5.74, 6) is -0.944. The minimum Gasteiger partial charge on any atom is -0.421 e. The SMILES string of the molecule is Cc1cc2c3c(nc(=O)n2I)N2CCN(C)CC2C(=O)Oc3c1F. The van der Waals surface area contributed by atoms with Gasteiger partial charge < -0.3 is 14.5 Å². The Hall–Kier alpha value is -1.75. The Bertz CT molecular complexity index is 945. The first-order chi connectivity index (χ1) is 11.4. The number of aryl methyl sites for hydroxylation is 1. The number of ether oxygens (including phenoxy) is 1. The second kappa shape index (κ2) is 5.38. The number of hydrogen-bond acceptors (Lipinski definition) is 6. The largest absolute Gasteiger partial charge is 0.421 e. The van der Waals surface area contributed by atoms with E-state index in [-0.39, 0.29) is 5.75 Å². The molecule has 0 radical (unpaired) electrons. The Morgan fingerprint density at radius 1 is 1.38 bits per heavy atom. The highest BCUT2D eigenvalue weighted by Gasteiger charge is 2.39. The Kier molecular flexibility index (Phi) is 3.53. The second-order valence-electron chi connectivity index (χ2n) is 6.12. The van der Waals surface area contributed by atoms with Gasteiger partial charge in [0.15, 0.2) is 11.6 Å². The van der Waals surface area contributed by atoms with E-state index in [0.717, 1.165) is 0 Å². The zero-order valence-electron chi connectivity index (χ0n) is 13.0. The van der Waals surface area contributed by atoms with Crippen LogP contribution in [0, 0.1) is 12.7 Å². The first-order valence-corrected chi connectivity index (χ1v) is 8.44. The quantitative estimate of drug-likeness (QED) is 0.344. The van der Waals surface area contributed by atoms with Crippen molar-refractivity contribution < 1.29 is 13.9 Å². The van der Waals surface area contributed by atoms with Crippen LogP contribution in [0.5, 0.6) is 5.75 Å². The monoisotopic (exact) mass is 444 g/mol. The molecule has 1 saturated heterocycles. The standard InChI is InChI=1S/C15H14FIN4O3/c1-7-5-8-10-12(11(7)16)24-14(22)9-6-19(2)3-4-20(9)13(10)18-15(23)21(8)17/h5,9H,3-4,6H2,1-2H3. The molecule has 2 aliphatic heterocycles. The second-order valence-corrected chi connectivity index (χ2v) is 7.09. The average Bonchev–Trinajstić information content (AvgIpc) is 2.66. The van der Waals surface area contributed by atoms with E-state index in [4.69, 9.17) is 4.74 Å². The van der Waals surface area contributed by atoms with Crippen molar-refractivity contribution in [3.63, 3.8) is 0 Å². The van der Waals surface area contributed by atoms with Crippen molar-refractivity contribution in [2.75, 3.05) is 31.6 Å². The Morgan fingerprint density at radius 3 is 2.88 bits per heavy atom. The molecular formula is C15H14FIN4O3. The van der Waals surface area contributed by atoms with Gasteiger partial charge in [-0.3, -0.25) is 0 Å². The first kappa shape index (κ1) is 15.8. The number of nitrogens with zero attached hydrogens (tertiary/aromatic N) is 4. The number of fused-ring (bicyclic) bond motifs is 2. The third kappa shape index (κ3) is 2.14. The van der Waals surface area contributed by atoms with Gasteiger partial charge in [-0.15, -0.1) is 0 Å². The molecule has 0 bridgehead atoms. The van der Waals surface area contributed by atoms with Gasteiger partial charge in [0.1, 0.15) is 11.9 Å². The molecule has 0 N–H and O–H groups in total. The molecule has 0 spiro atoms. The number of anilines is 1. The smallest absolute Gasteiger partial charge is 0.359 e. The predicted molar refractivity (Wildman–Crippen MR) is 94.4 cm³/mol. The lowest BCUT2D eigenvalue weighted by Crippen LogP contribution is -2.56. The Morgan fingerprint density at radius 2 is 2.12 bits per heavy atom. The number of carbonyl (C=O) groups is 1. The van der Waals surface area contributed by atoms with Gasteiger partial charge in [0.05, 0.1) is 33.8 Å². The van der Waals surface area contributed by atoms with E-state index in [0.29, 0.717) is 41.9 Å². The Balaban J connectivity index is 2.10. The van der Waals surface area contributed by atoms with Gasteiger partial charge in [0.2, 0.25) is 0 Å². The van der Waals surface area contributed by atoms with Crippen LogP contribution in [0.4, 0.5) is 10.2 Å². The number of likely N-dealkylation sites (N-methyl/N-ethyl adjacent to an activating group) is 1. The number of aromatic nitrogens is 2. The number of rotatable bonds is 0. The van der Waals surface area contributed by atoms with Gasteiger partial charge in [0, 0.05) is 19.6 Å². The van der Waals surface area contributed by atoms with E-state index in [1.807, 2.05) is 34.8 Å². The number of piperazine rings is 1. The fourth-order valence-electron chi connectivity index (χ4n) is 3.26. The maximum absolute atomic E-state index is 14.7. The molecule has 9 heteroatoms. The van der Waals surface area contributed by atoms with E-state index in [1.165, 1.54) is 2.78 Å². The molecule has 4 rings (SSSR count). The maximum atomic E-state index is 14.7. The molecule has 0 aliphatic carbocycles. The summed E-state index contributed by atoms with van der Waals surface area (Å²) >= 11 is 1.83. The first-order valence-electron chi connectivity index (χ1n) is 7.47. The summed E-state index contributed by atoms with van der Waals surface area (Å²) in [6.45, 7) is 3.23. The fourth-order valence-corrected chi connectivity index (χ4v) is 3.75. The molecule has 24 heavy (non-hydrogen) atoms. The van der Waals surface area contributed by atoms with Gasteiger partial charge in [-0.05, 0) is 25.6 Å². The lowest BCUT2D eigenvalue weighted by Gasteiger charge is -2.38. The predicted octanol–water partition coefficient (Wildman–Crippen LogP) is 1.08. The van der Waals surface area contributed by atoms with Crippen LogP contribution in [0.2, 0.25) is 0 Å². The summed E-state index contributed by atoms with van der Waals surface area (Å²) in [6, 6.07) is 0.966. The van der Waals surface area contributed by atoms with Crippen LogP contribution in [-0.2, 0) is 4.79 Å². The van der Waals surface area contributed by atoms with Crippen LogP contribution in [0.3, 0.4) is 0 Å². The summed E-state index contributed by atoms with van der Waals surface area (Å²) in [7, 11) is 1.90. The van der Waals surface area contributed by atoms with E-state index in [9.17, 15) is 14.0 Å². The molecule has 2 aromatic rings. The summed E-state index contributed by atoms with van der Waals surface area (Å²) < 4.78 is 21.4. The molecule has 7 nitrogen and oxygen atoms in total. The van der Waals surface area contributed by atoms with Crippen LogP contribution in [0.25, 0.3) is 10.9 Å². The van der Waals surface area contributed by atoms with Crippen molar-refractivity contribution in [2.45, 2.75) is 13.0 Å². The third-order valence-corrected chi connectivity index (χ3v) is 5.45. The lowest BCUT2D eigenvalue weighted by atomic mass is 10.1. The lowest BCUT2D eigenvalue weighted by molar-refractivity contribution is -0.136. The van der Waals surface area contributed by atoms with Crippen LogP contribution in [0.15, 0.2) is 10.9 Å². The molecule has 1 atom stereocenters. The molecule has 2 aliphatic rings. The number of esters is 1. The number of carbonyl (C=O) groups excluding carboxylic acids is 1. The molecule has 3 heterocycles. The zero-order chi connectivity index (χ0) is 17.2. The van der Waals surface area contributed by atoms with Crippen molar-refractivity contribution in [3.05, 3.63) is 27.9 Å². The molecule has 1 aromatic carbocycles. The summed E-state index contributed by atoms with van der Waals surface area (Å²) in [5.41, 5.74) is 0.346. The number of halogens is 2. The van der Waals surface area contributed by atoms with Gasteiger partial charge in [-0.1, -0.05) is 0 Å². The molecule has 0 saturated carbocycles. The van der Waals surface area contributed by atoms with Crippen molar-refractivity contribution in [1.29, 1.82) is 0 Å². The van der Waals surface area contributed by atoms with Gasteiger partial charge in [-0.2, -0.15) is 4.98 Å². The highest BCUT2D eigenvalue weighted by atomic mass is 127. The average molecular weight is 444 g/mol. The zero-order valence-corrected chi connectivity index (χ0v) is 15.2. The van der Waals surface area contributed by atoms with Gasteiger partial charge >= 0.3 is 11.7 Å². The van der Waals surface area contributed by atoms with Crippen LogP contribution < -0.4 is 15.3 Å². The summed E-state index contributed by atoms with van der Waals surface area (Å²) in [4.78, 5) is 32.7. The minimum absolute atomic E-state index is 0.139. The number of benzene rings is 1. The highest BCUT2D eigenvalue weighted by molar-refractivity contribution is 14.1. The third-order valence-electron chi connectivity index (χ3n) is 4.52. The van der Waals surface area contributed by atoms with Crippen molar-refractivity contribution >= 4 is 45.6 Å². The molecule has 0 amide bonds. The summed E-state index contributed by atoms with van der Waals surface area (Å²) in [6.07, 6.45) is 0. The fraction of sp³-hybridized carbons (Fsp3) is 0.400. The minimum atomic E-state index is -0.615.